The zero-order valence-electron chi connectivity index (χ0n) is 16.2. The van der Waals surface area contributed by atoms with Crippen molar-refractivity contribution < 1.29 is 19.1 Å². The first-order chi connectivity index (χ1) is 13.0. The molecule has 144 valence electrons. The van der Waals surface area contributed by atoms with Gasteiger partial charge >= 0.3 is 0 Å². The molecule has 0 aliphatic heterocycles. The van der Waals surface area contributed by atoms with E-state index in [9.17, 15) is 9.59 Å². The number of ether oxygens (including phenoxy) is 2. The number of nitrogens with one attached hydrogen (secondary N) is 1. The average molecular weight is 370 g/mol. The highest BCUT2D eigenvalue weighted by Crippen LogP contribution is 2.18. The van der Waals surface area contributed by atoms with E-state index in [0.717, 1.165) is 11.1 Å². The summed E-state index contributed by atoms with van der Waals surface area (Å²) in [6.45, 7) is 3.75. The van der Waals surface area contributed by atoms with Crippen molar-refractivity contribution in [3.8, 4) is 11.5 Å². The summed E-state index contributed by atoms with van der Waals surface area (Å²) in [6.07, 6.45) is 0. The highest BCUT2D eigenvalue weighted by molar-refractivity contribution is 5.87. The standard InChI is InChI=1S/C21H26N2O4/c1-15-8-5-6-11-19(15)27-14-20(24)23(16(2)21(25)22-3)13-17-9-7-10-18(12-17)26-4/h5-12,16H,13-14H2,1-4H3,(H,22,25). The maximum atomic E-state index is 12.8. The molecule has 2 aromatic carbocycles. The lowest BCUT2D eigenvalue weighted by molar-refractivity contribution is -0.142. The maximum absolute atomic E-state index is 12.8. The fourth-order valence-corrected chi connectivity index (χ4v) is 2.70. The lowest BCUT2D eigenvalue weighted by Crippen LogP contribution is -2.48. The summed E-state index contributed by atoms with van der Waals surface area (Å²) in [7, 11) is 3.14. The Morgan fingerprint density at radius 3 is 2.56 bits per heavy atom. The summed E-state index contributed by atoms with van der Waals surface area (Å²) in [5.41, 5.74) is 1.82. The van der Waals surface area contributed by atoms with Gasteiger partial charge in [-0.1, -0.05) is 30.3 Å². The van der Waals surface area contributed by atoms with Crippen molar-refractivity contribution in [3.05, 3.63) is 59.7 Å². The number of nitrogens with zero attached hydrogens (tertiary/aromatic N) is 1. The lowest BCUT2D eigenvalue weighted by Gasteiger charge is -2.28. The fourth-order valence-electron chi connectivity index (χ4n) is 2.70. The van der Waals surface area contributed by atoms with Crippen LogP contribution in [-0.4, -0.2) is 43.5 Å². The van der Waals surface area contributed by atoms with E-state index in [1.54, 1.807) is 21.1 Å². The van der Waals surface area contributed by atoms with Crippen molar-refractivity contribution in [1.29, 1.82) is 0 Å². The number of amides is 2. The summed E-state index contributed by atoms with van der Waals surface area (Å²) in [6, 6.07) is 14.3. The van der Waals surface area contributed by atoms with Gasteiger partial charge in [-0.15, -0.1) is 0 Å². The van der Waals surface area contributed by atoms with Gasteiger partial charge in [-0.3, -0.25) is 9.59 Å². The van der Waals surface area contributed by atoms with Gasteiger partial charge in [0, 0.05) is 13.6 Å². The minimum atomic E-state index is -0.630. The predicted octanol–water partition coefficient (Wildman–Crippen LogP) is 2.55. The van der Waals surface area contributed by atoms with E-state index in [-0.39, 0.29) is 25.0 Å². The summed E-state index contributed by atoms with van der Waals surface area (Å²) in [4.78, 5) is 26.5. The van der Waals surface area contributed by atoms with Crippen molar-refractivity contribution >= 4 is 11.8 Å². The molecule has 27 heavy (non-hydrogen) atoms. The van der Waals surface area contributed by atoms with E-state index in [1.807, 2.05) is 55.5 Å². The lowest BCUT2D eigenvalue weighted by atomic mass is 10.1. The monoisotopic (exact) mass is 370 g/mol. The molecular weight excluding hydrogens is 344 g/mol. The number of carbonyl (C=O) groups excluding carboxylic acids is 2. The normalized spacial score (nSPS) is 11.4. The molecule has 0 fully saturated rings. The zero-order valence-corrected chi connectivity index (χ0v) is 16.2. The molecule has 2 aromatic rings. The number of carbonyl (C=O) groups is 2. The largest absolute Gasteiger partial charge is 0.497 e. The van der Waals surface area contributed by atoms with E-state index in [4.69, 9.17) is 9.47 Å². The highest BCUT2D eigenvalue weighted by Gasteiger charge is 2.26. The first-order valence-electron chi connectivity index (χ1n) is 8.78. The Hall–Kier alpha value is -3.02. The SMILES string of the molecule is CNC(=O)C(C)N(Cc1cccc(OC)c1)C(=O)COc1ccccc1C. The van der Waals surface area contributed by atoms with Crippen molar-refractivity contribution in [2.24, 2.45) is 0 Å². The van der Waals surface area contributed by atoms with E-state index < -0.39 is 6.04 Å². The molecule has 0 aliphatic carbocycles. The molecule has 6 nitrogen and oxygen atoms in total. The minimum Gasteiger partial charge on any atom is -0.497 e. The molecule has 0 saturated carbocycles. The van der Waals surface area contributed by atoms with Crippen LogP contribution >= 0.6 is 0 Å². The van der Waals surface area contributed by atoms with Crippen LogP contribution in [0.3, 0.4) is 0 Å². The van der Waals surface area contributed by atoms with Crippen LogP contribution in [0.5, 0.6) is 11.5 Å². The molecule has 0 heterocycles. The van der Waals surface area contributed by atoms with Gasteiger partial charge in [-0.2, -0.15) is 0 Å². The van der Waals surface area contributed by atoms with Gasteiger partial charge in [0.2, 0.25) is 5.91 Å². The molecule has 0 aromatic heterocycles. The molecule has 2 amide bonds. The van der Waals surface area contributed by atoms with Gasteiger partial charge in [0.15, 0.2) is 6.61 Å². The molecule has 1 unspecified atom stereocenters. The second-order valence-electron chi connectivity index (χ2n) is 6.22. The van der Waals surface area contributed by atoms with E-state index in [2.05, 4.69) is 5.32 Å². The van der Waals surface area contributed by atoms with Crippen LogP contribution in [0.25, 0.3) is 0 Å². The summed E-state index contributed by atoms with van der Waals surface area (Å²) in [5.74, 6) is 0.850. The van der Waals surface area contributed by atoms with Crippen LogP contribution < -0.4 is 14.8 Å². The Morgan fingerprint density at radius 2 is 1.89 bits per heavy atom. The number of methoxy groups -OCH3 is 1. The molecule has 0 bridgehead atoms. The van der Waals surface area contributed by atoms with Gasteiger partial charge in [0.05, 0.1) is 7.11 Å². The van der Waals surface area contributed by atoms with Crippen LogP contribution in [-0.2, 0) is 16.1 Å². The predicted molar refractivity (Wildman–Crippen MR) is 104 cm³/mol. The number of para-hydroxylation sites is 1. The molecule has 0 spiro atoms. The molecule has 2 rings (SSSR count). The van der Waals surface area contributed by atoms with Crippen molar-refractivity contribution in [2.75, 3.05) is 20.8 Å². The minimum absolute atomic E-state index is 0.143. The maximum Gasteiger partial charge on any atom is 0.261 e. The van der Waals surface area contributed by atoms with Crippen LogP contribution in [0.2, 0.25) is 0 Å². The third kappa shape index (κ3) is 5.48. The van der Waals surface area contributed by atoms with Crippen molar-refractivity contribution in [2.45, 2.75) is 26.4 Å². The van der Waals surface area contributed by atoms with Crippen LogP contribution in [0.4, 0.5) is 0 Å². The third-order valence-electron chi connectivity index (χ3n) is 4.35. The van der Waals surface area contributed by atoms with Crippen LogP contribution in [0, 0.1) is 6.92 Å². The molecular formula is C21H26N2O4. The third-order valence-corrected chi connectivity index (χ3v) is 4.35. The van der Waals surface area contributed by atoms with Gasteiger partial charge in [0.25, 0.3) is 5.91 Å². The Balaban J connectivity index is 2.16. The van der Waals surface area contributed by atoms with E-state index in [0.29, 0.717) is 11.5 Å². The highest BCUT2D eigenvalue weighted by atomic mass is 16.5. The summed E-state index contributed by atoms with van der Waals surface area (Å²) >= 11 is 0. The van der Waals surface area contributed by atoms with Gasteiger partial charge in [0.1, 0.15) is 17.5 Å². The van der Waals surface area contributed by atoms with E-state index >= 15 is 0 Å². The molecule has 0 saturated heterocycles. The fraction of sp³-hybridized carbons (Fsp3) is 0.333. The summed E-state index contributed by atoms with van der Waals surface area (Å²) < 4.78 is 10.9. The molecule has 6 heteroatoms. The zero-order chi connectivity index (χ0) is 19.8. The van der Waals surface area contributed by atoms with E-state index in [1.165, 1.54) is 4.90 Å². The summed E-state index contributed by atoms with van der Waals surface area (Å²) in [5, 5.41) is 2.59. The van der Waals surface area contributed by atoms with Crippen LogP contribution in [0.15, 0.2) is 48.5 Å². The Bertz CT molecular complexity index is 791. The van der Waals surface area contributed by atoms with Gasteiger partial charge < -0.3 is 19.7 Å². The first kappa shape index (κ1) is 20.3. The topological polar surface area (TPSA) is 67.9 Å². The van der Waals surface area contributed by atoms with Crippen molar-refractivity contribution in [3.63, 3.8) is 0 Å². The molecule has 0 radical (unpaired) electrons. The first-order valence-corrected chi connectivity index (χ1v) is 8.78. The molecule has 1 N–H and O–H groups in total. The average Bonchev–Trinajstić information content (AvgIpc) is 2.70. The Morgan fingerprint density at radius 1 is 1.15 bits per heavy atom. The number of hydrogen-bond donors (Lipinski definition) is 1. The Labute approximate surface area is 160 Å². The number of rotatable bonds is 8. The second-order valence-corrected chi connectivity index (χ2v) is 6.22. The van der Waals surface area contributed by atoms with Gasteiger partial charge in [-0.05, 0) is 43.2 Å². The number of aryl methyl sites for hydroxylation is 1. The van der Waals surface area contributed by atoms with Gasteiger partial charge in [-0.25, -0.2) is 0 Å². The quantitative estimate of drug-likeness (QED) is 0.775. The number of hydrogen-bond acceptors (Lipinski definition) is 4. The molecule has 1 atom stereocenters. The molecule has 0 aliphatic rings. The smallest absolute Gasteiger partial charge is 0.261 e. The number of benzene rings is 2. The second kappa shape index (κ2) is 9.62. The Kier molecular flexibility index (Phi) is 7.23. The van der Waals surface area contributed by atoms with Crippen molar-refractivity contribution in [1.82, 2.24) is 10.2 Å². The number of likely N-dealkylation sites (N-methyl/N-ethyl adjacent to an activating group) is 1. The van der Waals surface area contributed by atoms with Crippen LogP contribution in [0.1, 0.15) is 18.1 Å².